The van der Waals surface area contributed by atoms with E-state index in [-0.39, 0.29) is 16.8 Å². The molecule has 3 aromatic rings. The third-order valence-electron chi connectivity index (χ3n) is 6.03. The van der Waals surface area contributed by atoms with E-state index >= 15 is 4.39 Å². The van der Waals surface area contributed by atoms with Crippen molar-refractivity contribution in [1.82, 2.24) is 14.4 Å². The number of nitrogens with zero attached hydrogens (tertiary/aromatic N) is 2. The second-order valence-corrected chi connectivity index (χ2v) is 9.00. The maximum atomic E-state index is 15.2. The van der Waals surface area contributed by atoms with Crippen LogP contribution in [0.4, 0.5) is 10.1 Å². The van der Waals surface area contributed by atoms with E-state index in [0.717, 1.165) is 30.1 Å². The summed E-state index contributed by atoms with van der Waals surface area (Å²) in [5, 5.41) is 0.328. The highest BCUT2D eigenvalue weighted by Gasteiger charge is 2.37. The van der Waals surface area contributed by atoms with Crippen LogP contribution in [0.1, 0.15) is 25.8 Å². The molecule has 4 N–H and O–H groups in total. The summed E-state index contributed by atoms with van der Waals surface area (Å²) in [7, 11) is 1.51. The number of halogens is 1. The topological polar surface area (TPSA) is 105 Å². The lowest BCUT2D eigenvalue weighted by atomic mass is 9.89. The van der Waals surface area contributed by atoms with Crippen LogP contribution in [-0.4, -0.2) is 29.1 Å². The summed E-state index contributed by atoms with van der Waals surface area (Å²) in [4.78, 5) is 32.6. The number of benzene rings is 1. The summed E-state index contributed by atoms with van der Waals surface area (Å²) in [5.74, 6) is -0.526. The Labute approximate surface area is 174 Å². The fourth-order valence-corrected chi connectivity index (χ4v) is 5.09. The second kappa shape index (κ2) is 6.66. The average molecular weight is 431 g/mol. The number of hydroxylamine groups is 1. The number of nitrogens with two attached hydrogens (primary N) is 1. The molecule has 0 radical (unpaired) electrons. The van der Waals surface area contributed by atoms with Gasteiger partial charge in [0, 0.05) is 36.1 Å². The minimum absolute atomic E-state index is 0.106. The van der Waals surface area contributed by atoms with Gasteiger partial charge in [-0.2, -0.15) is 0 Å². The summed E-state index contributed by atoms with van der Waals surface area (Å²) in [6.45, 7) is 2.79. The lowest BCUT2D eigenvalue weighted by molar-refractivity contribution is 0.100. The van der Waals surface area contributed by atoms with Crippen LogP contribution < -0.4 is 27.1 Å². The molecule has 1 atom stereocenters. The molecule has 0 spiro atoms. The highest BCUT2D eigenvalue weighted by molar-refractivity contribution is 7.12. The fourth-order valence-electron chi connectivity index (χ4n) is 4.16. The minimum Gasteiger partial charge on any atom is -0.343 e. The van der Waals surface area contributed by atoms with E-state index in [4.69, 9.17) is 10.6 Å². The lowest BCUT2D eigenvalue weighted by Gasteiger charge is -2.27. The van der Waals surface area contributed by atoms with Crippen LogP contribution in [0.3, 0.4) is 0 Å². The standard InChI is InChI=1S/C20H22FN5O3S/c1-20(8-22)9-25(7-15(20)23-29-2)14-6-13-11(5-12(14)21)17(27)16-18(28)24-30-19(16)26(13)10-3-4-10/h5-7,10,23H,3-4,8-9,22H2,1-2H3,(H,24,28). The van der Waals surface area contributed by atoms with Crippen LogP contribution in [0.5, 0.6) is 0 Å². The molecule has 10 heteroatoms. The lowest BCUT2D eigenvalue weighted by Crippen LogP contribution is -2.37. The van der Waals surface area contributed by atoms with Crippen LogP contribution in [0, 0.1) is 11.2 Å². The van der Waals surface area contributed by atoms with Gasteiger partial charge in [-0.05, 0) is 36.5 Å². The van der Waals surface area contributed by atoms with Gasteiger partial charge in [0.25, 0.3) is 5.56 Å². The predicted octanol–water partition coefficient (Wildman–Crippen LogP) is 2.16. The molecule has 2 aliphatic rings. The number of nitrogens with one attached hydrogen (secondary N) is 2. The smallest absolute Gasteiger partial charge is 0.271 e. The van der Waals surface area contributed by atoms with Crippen LogP contribution in [0.15, 0.2) is 33.6 Å². The number of aromatic nitrogens is 2. The van der Waals surface area contributed by atoms with Crippen LogP contribution >= 0.6 is 11.5 Å². The van der Waals surface area contributed by atoms with Gasteiger partial charge in [-0.1, -0.05) is 6.92 Å². The molecule has 0 saturated heterocycles. The maximum Gasteiger partial charge on any atom is 0.271 e. The third-order valence-corrected chi connectivity index (χ3v) is 6.92. The van der Waals surface area contributed by atoms with Crippen LogP contribution in [-0.2, 0) is 4.84 Å². The van der Waals surface area contributed by atoms with Crippen molar-refractivity contribution >= 4 is 38.3 Å². The molecule has 1 saturated carbocycles. The zero-order chi connectivity index (χ0) is 21.2. The van der Waals surface area contributed by atoms with Crippen molar-refractivity contribution in [2.75, 3.05) is 25.1 Å². The molecule has 2 aromatic heterocycles. The number of rotatable bonds is 5. The zero-order valence-corrected chi connectivity index (χ0v) is 17.4. The summed E-state index contributed by atoms with van der Waals surface area (Å²) in [6.07, 6.45) is 3.71. The molecule has 1 unspecified atom stereocenters. The number of pyridine rings is 1. The Bertz CT molecular complexity index is 1320. The minimum atomic E-state index is -0.526. The van der Waals surface area contributed by atoms with E-state index in [2.05, 4.69) is 9.85 Å². The average Bonchev–Trinajstić information content (AvgIpc) is 3.41. The molecule has 158 valence electrons. The molecule has 1 aromatic carbocycles. The SMILES string of the molecule is CONC1=CN(c2cc3c(cc2F)c(=O)c2c(=O)[nH]sc2n3C2CC2)CC1(C)CN. The number of hydrogen-bond donors (Lipinski definition) is 3. The predicted molar refractivity (Wildman–Crippen MR) is 115 cm³/mol. The van der Waals surface area contributed by atoms with Crippen molar-refractivity contribution in [2.45, 2.75) is 25.8 Å². The highest BCUT2D eigenvalue weighted by atomic mass is 32.1. The molecule has 5 rings (SSSR count). The summed E-state index contributed by atoms with van der Waals surface area (Å²) < 4.78 is 19.9. The van der Waals surface area contributed by atoms with Crippen molar-refractivity contribution in [3.8, 4) is 0 Å². The van der Waals surface area contributed by atoms with Crippen molar-refractivity contribution in [3.05, 3.63) is 50.4 Å². The molecule has 8 nitrogen and oxygen atoms in total. The van der Waals surface area contributed by atoms with Gasteiger partial charge in [-0.3, -0.25) is 24.3 Å². The van der Waals surface area contributed by atoms with Gasteiger partial charge in [-0.25, -0.2) is 4.39 Å². The first-order valence-corrected chi connectivity index (χ1v) is 10.6. The second-order valence-electron chi connectivity index (χ2n) is 8.21. The molecule has 1 aliphatic carbocycles. The van der Waals surface area contributed by atoms with Gasteiger partial charge in [-0.15, -0.1) is 0 Å². The van der Waals surface area contributed by atoms with Crippen molar-refractivity contribution in [1.29, 1.82) is 0 Å². The maximum absolute atomic E-state index is 15.2. The summed E-state index contributed by atoms with van der Waals surface area (Å²) >= 11 is 1.15. The largest absolute Gasteiger partial charge is 0.343 e. The summed E-state index contributed by atoms with van der Waals surface area (Å²) in [5.41, 5.74) is 9.28. The van der Waals surface area contributed by atoms with Gasteiger partial charge >= 0.3 is 0 Å². The van der Waals surface area contributed by atoms with Gasteiger partial charge in [0.1, 0.15) is 16.0 Å². The zero-order valence-electron chi connectivity index (χ0n) is 16.6. The Kier molecular flexibility index (Phi) is 4.28. The molecule has 0 amide bonds. The Balaban J connectivity index is 1.75. The first-order valence-electron chi connectivity index (χ1n) is 9.75. The van der Waals surface area contributed by atoms with E-state index in [1.54, 1.807) is 17.2 Å². The van der Waals surface area contributed by atoms with Gasteiger partial charge in [0.15, 0.2) is 0 Å². The normalized spacial score (nSPS) is 21.6. The number of hydrogen-bond acceptors (Lipinski definition) is 7. The molecule has 1 aliphatic heterocycles. The number of aromatic amines is 1. The Morgan fingerprint density at radius 1 is 1.40 bits per heavy atom. The number of H-pyrrole nitrogens is 1. The molecular formula is C20H22FN5O3S. The Morgan fingerprint density at radius 3 is 2.83 bits per heavy atom. The molecular weight excluding hydrogens is 409 g/mol. The molecule has 30 heavy (non-hydrogen) atoms. The van der Waals surface area contributed by atoms with Crippen molar-refractivity contribution in [3.63, 3.8) is 0 Å². The third kappa shape index (κ3) is 2.71. The Morgan fingerprint density at radius 2 is 2.17 bits per heavy atom. The van der Waals surface area contributed by atoms with E-state index in [1.807, 2.05) is 11.5 Å². The Hall–Kier alpha value is -2.69. The van der Waals surface area contributed by atoms with E-state index in [1.165, 1.54) is 13.2 Å². The first-order chi connectivity index (χ1) is 14.4. The van der Waals surface area contributed by atoms with Crippen LogP contribution in [0.2, 0.25) is 0 Å². The van der Waals surface area contributed by atoms with E-state index in [0.29, 0.717) is 29.1 Å². The number of fused-ring (bicyclic) bond motifs is 2. The first kappa shape index (κ1) is 19.3. The van der Waals surface area contributed by atoms with Gasteiger partial charge in [0.2, 0.25) is 5.43 Å². The molecule has 1 fully saturated rings. The number of anilines is 1. The quantitative estimate of drug-likeness (QED) is 0.535. The van der Waals surface area contributed by atoms with Crippen molar-refractivity contribution < 1.29 is 9.23 Å². The molecule has 0 bridgehead atoms. The monoisotopic (exact) mass is 431 g/mol. The highest BCUT2D eigenvalue weighted by Crippen LogP contribution is 2.42. The van der Waals surface area contributed by atoms with Gasteiger partial charge in [0.05, 0.1) is 24.0 Å². The summed E-state index contributed by atoms with van der Waals surface area (Å²) in [6, 6.07) is 3.16. The fraction of sp³-hybridized carbons (Fsp3) is 0.400. The van der Waals surface area contributed by atoms with Crippen LogP contribution in [0.25, 0.3) is 21.1 Å². The molecule has 3 heterocycles. The van der Waals surface area contributed by atoms with Crippen molar-refractivity contribution in [2.24, 2.45) is 11.1 Å². The van der Waals surface area contributed by atoms with E-state index < -0.39 is 22.2 Å². The van der Waals surface area contributed by atoms with Gasteiger partial charge < -0.3 is 15.2 Å². The van der Waals surface area contributed by atoms with E-state index in [9.17, 15) is 9.59 Å².